The molecule has 16 heavy (non-hydrogen) atoms. The van der Waals surface area contributed by atoms with Crippen LogP contribution in [0.15, 0.2) is 36.1 Å². The number of aliphatic hydroxyl groups excluding tert-OH is 1. The molecule has 1 atom stereocenters. The Labute approximate surface area is 137 Å². The van der Waals surface area contributed by atoms with Gasteiger partial charge in [-0.3, -0.25) is 4.79 Å². The molecule has 1 heterocycles. The van der Waals surface area contributed by atoms with Gasteiger partial charge in [0.05, 0.1) is 0 Å². The molecule has 3 nitrogen and oxygen atoms in total. The third-order valence-electron chi connectivity index (χ3n) is 2.39. The topological polar surface area (TPSA) is 46.5 Å². The predicted octanol–water partition coefficient (Wildman–Crippen LogP) is 2.16. The maximum atomic E-state index is 11.5. The van der Waals surface area contributed by atoms with E-state index in [1.807, 2.05) is 13.0 Å². The Morgan fingerprint density at radius 1 is 1.50 bits per heavy atom. The van der Waals surface area contributed by atoms with E-state index in [4.69, 9.17) is 4.74 Å². The minimum Gasteiger partial charge on any atom is -0.511 e. The summed E-state index contributed by atoms with van der Waals surface area (Å²) in [6, 6.07) is 7.15. The molecule has 0 saturated carbocycles. The molecule has 1 aliphatic heterocycles. The second-order valence-electron chi connectivity index (χ2n) is 3.43. The molecule has 1 aromatic rings. The van der Waals surface area contributed by atoms with Gasteiger partial charge in [-0.05, 0) is 18.6 Å². The van der Waals surface area contributed by atoms with Crippen molar-refractivity contribution < 1.29 is 14.6 Å². The minimum absolute atomic E-state index is 0. The van der Waals surface area contributed by atoms with Crippen molar-refractivity contribution in [3.8, 4) is 5.75 Å². The largest absolute Gasteiger partial charge is 0.511 e. The first-order valence-electron chi connectivity index (χ1n) is 4.93. The number of hydrogen-bond acceptors (Lipinski definition) is 3. The third-order valence-corrected chi connectivity index (χ3v) is 2.39. The summed E-state index contributed by atoms with van der Waals surface area (Å²) in [4.78, 5) is 11.5. The Balaban J connectivity index is 0.00000128. The summed E-state index contributed by atoms with van der Waals surface area (Å²) in [5.41, 5.74) is 0.740. The zero-order valence-electron chi connectivity index (χ0n) is 9.43. The van der Waals surface area contributed by atoms with Crippen molar-refractivity contribution in [2.75, 3.05) is 0 Å². The molecule has 0 saturated heterocycles. The first-order valence-corrected chi connectivity index (χ1v) is 4.93. The number of carbonyl (C=O) groups is 1. The van der Waals surface area contributed by atoms with Crippen LogP contribution in [-0.2, 0) is 4.79 Å². The SMILES string of the molecule is CC/C=C(\O)C1C(=O)Oc2ccccc21.[K]. The summed E-state index contributed by atoms with van der Waals surface area (Å²) in [7, 11) is 0. The molecular weight excluding hydrogens is 231 g/mol. The standard InChI is InChI=1S/C12H12O3.K/c1-2-5-9(13)11-8-6-3-4-7-10(8)15-12(11)14;/h3-7,11,13H,2H2,1H3;/b9-5-;. The van der Waals surface area contributed by atoms with Crippen LogP contribution in [0.25, 0.3) is 0 Å². The van der Waals surface area contributed by atoms with Gasteiger partial charge in [0.1, 0.15) is 17.4 Å². The van der Waals surface area contributed by atoms with E-state index in [0.717, 1.165) is 5.56 Å². The fraction of sp³-hybridized carbons (Fsp3) is 0.250. The Kier molecular flexibility index (Phi) is 5.20. The van der Waals surface area contributed by atoms with Crippen LogP contribution < -0.4 is 4.74 Å². The van der Waals surface area contributed by atoms with E-state index in [-0.39, 0.29) is 57.1 Å². The molecule has 1 N–H and O–H groups in total. The fourth-order valence-corrected chi connectivity index (χ4v) is 1.71. The molecule has 1 aromatic carbocycles. The molecule has 0 bridgehead atoms. The smallest absolute Gasteiger partial charge is 0.326 e. The Hall–Kier alpha value is -0.134. The van der Waals surface area contributed by atoms with Gasteiger partial charge in [-0.15, -0.1) is 0 Å². The van der Waals surface area contributed by atoms with Crippen LogP contribution in [0.2, 0.25) is 0 Å². The van der Waals surface area contributed by atoms with Crippen LogP contribution in [-0.4, -0.2) is 62.5 Å². The van der Waals surface area contributed by atoms with Crippen molar-refractivity contribution in [3.05, 3.63) is 41.7 Å². The average Bonchev–Trinajstić information content (AvgIpc) is 2.54. The van der Waals surface area contributed by atoms with Crippen LogP contribution in [0.3, 0.4) is 0 Å². The van der Waals surface area contributed by atoms with Gasteiger partial charge in [0.25, 0.3) is 0 Å². The summed E-state index contributed by atoms with van der Waals surface area (Å²) in [6.07, 6.45) is 2.33. The van der Waals surface area contributed by atoms with Gasteiger partial charge in [0.2, 0.25) is 0 Å². The molecule has 0 amide bonds. The molecular formula is C12H12KO3. The van der Waals surface area contributed by atoms with Gasteiger partial charge in [-0.1, -0.05) is 25.1 Å². The maximum absolute atomic E-state index is 11.5. The van der Waals surface area contributed by atoms with Gasteiger partial charge in [-0.2, -0.15) is 0 Å². The summed E-state index contributed by atoms with van der Waals surface area (Å²) in [5.74, 6) is -0.421. The summed E-state index contributed by atoms with van der Waals surface area (Å²) in [6.45, 7) is 1.91. The summed E-state index contributed by atoms with van der Waals surface area (Å²) in [5, 5.41) is 9.73. The predicted molar refractivity (Wildman–Crippen MR) is 61.6 cm³/mol. The third kappa shape index (κ3) is 2.57. The summed E-state index contributed by atoms with van der Waals surface area (Å²) >= 11 is 0. The van der Waals surface area contributed by atoms with Gasteiger partial charge in [-0.25, -0.2) is 0 Å². The van der Waals surface area contributed by atoms with Gasteiger partial charge >= 0.3 is 5.97 Å². The molecule has 0 aromatic heterocycles. The van der Waals surface area contributed by atoms with E-state index in [0.29, 0.717) is 12.2 Å². The minimum atomic E-state index is -0.638. The van der Waals surface area contributed by atoms with Crippen molar-refractivity contribution in [3.63, 3.8) is 0 Å². The van der Waals surface area contributed by atoms with Crippen molar-refractivity contribution in [1.82, 2.24) is 0 Å². The number of rotatable bonds is 2. The van der Waals surface area contributed by atoms with Crippen LogP contribution in [0, 0.1) is 0 Å². The quantitative estimate of drug-likeness (QED) is 0.375. The van der Waals surface area contributed by atoms with E-state index in [9.17, 15) is 9.90 Å². The first kappa shape index (κ1) is 13.9. The number of aliphatic hydroxyl groups is 1. The number of ether oxygens (including phenoxy) is 1. The van der Waals surface area contributed by atoms with Crippen molar-refractivity contribution >= 4 is 57.4 Å². The molecule has 1 unspecified atom stereocenters. The number of esters is 1. The molecule has 79 valence electrons. The van der Waals surface area contributed by atoms with Crippen molar-refractivity contribution in [2.45, 2.75) is 19.3 Å². The Bertz CT molecular complexity index is 426. The molecule has 0 spiro atoms. The number of allylic oxidation sites excluding steroid dienone is 1. The maximum Gasteiger partial charge on any atom is 0.326 e. The van der Waals surface area contributed by atoms with Gasteiger partial charge in [0.15, 0.2) is 0 Å². The number of fused-ring (bicyclic) bond motifs is 1. The second-order valence-corrected chi connectivity index (χ2v) is 3.43. The summed E-state index contributed by atoms with van der Waals surface area (Å²) < 4.78 is 5.05. The van der Waals surface area contributed by atoms with E-state index in [2.05, 4.69) is 0 Å². The van der Waals surface area contributed by atoms with Crippen LogP contribution in [0.4, 0.5) is 0 Å². The van der Waals surface area contributed by atoms with E-state index in [1.165, 1.54) is 0 Å². The number of hydrogen-bond donors (Lipinski definition) is 1. The fourth-order valence-electron chi connectivity index (χ4n) is 1.71. The molecule has 1 aliphatic rings. The van der Waals surface area contributed by atoms with Crippen LogP contribution >= 0.6 is 0 Å². The second kappa shape index (κ2) is 5.98. The van der Waals surface area contributed by atoms with E-state index >= 15 is 0 Å². The number of para-hydroxylation sites is 1. The Morgan fingerprint density at radius 2 is 2.19 bits per heavy atom. The molecule has 2 rings (SSSR count). The number of benzene rings is 1. The van der Waals surface area contributed by atoms with E-state index in [1.54, 1.807) is 24.3 Å². The zero-order valence-corrected chi connectivity index (χ0v) is 12.6. The monoisotopic (exact) mass is 243 g/mol. The Morgan fingerprint density at radius 3 is 2.88 bits per heavy atom. The molecule has 4 heteroatoms. The van der Waals surface area contributed by atoms with E-state index < -0.39 is 11.9 Å². The van der Waals surface area contributed by atoms with Gasteiger partial charge in [0, 0.05) is 56.9 Å². The van der Waals surface area contributed by atoms with Crippen molar-refractivity contribution in [2.24, 2.45) is 0 Å². The number of carbonyl (C=O) groups excluding carboxylic acids is 1. The van der Waals surface area contributed by atoms with Gasteiger partial charge < -0.3 is 9.84 Å². The molecule has 1 radical (unpaired) electrons. The van der Waals surface area contributed by atoms with Crippen LogP contribution in [0.1, 0.15) is 24.8 Å². The normalized spacial score (nSPS) is 18.7. The van der Waals surface area contributed by atoms with Crippen molar-refractivity contribution in [1.29, 1.82) is 0 Å². The average molecular weight is 243 g/mol. The molecule has 0 fully saturated rings. The molecule has 0 aliphatic carbocycles. The van der Waals surface area contributed by atoms with Crippen LogP contribution in [0.5, 0.6) is 5.75 Å². The first-order chi connectivity index (χ1) is 7.24. The zero-order chi connectivity index (χ0) is 10.8.